The zero-order valence-corrected chi connectivity index (χ0v) is 26.8. The van der Waals surface area contributed by atoms with E-state index in [-0.39, 0.29) is 0 Å². The zero-order valence-electron chi connectivity index (χ0n) is 26.8. The van der Waals surface area contributed by atoms with Gasteiger partial charge in [0.05, 0.1) is 38.8 Å². The van der Waals surface area contributed by atoms with Gasteiger partial charge in [-0.1, -0.05) is 121 Å². The van der Waals surface area contributed by atoms with Gasteiger partial charge in [0, 0.05) is 43.3 Å². The average Bonchev–Trinajstić information content (AvgIpc) is 3.65. The molecule has 0 radical (unpaired) electrons. The molecule has 0 amide bonds. The molecule has 50 heavy (non-hydrogen) atoms. The van der Waals surface area contributed by atoms with Crippen LogP contribution in [0.2, 0.25) is 0 Å². The molecule has 12 rings (SSSR count). The molecule has 4 nitrogen and oxygen atoms in total. The van der Waals surface area contributed by atoms with Crippen LogP contribution in [0.3, 0.4) is 0 Å². The van der Waals surface area contributed by atoms with E-state index in [1.54, 1.807) is 0 Å². The van der Waals surface area contributed by atoms with Crippen LogP contribution in [0.1, 0.15) is 0 Å². The first-order chi connectivity index (χ1) is 24.8. The average molecular weight is 635 g/mol. The second-order valence-electron chi connectivity index (χ2n) is 13.4. The normalized spacial score (nSPS) is 12.4. The molecule has 8 aromatic carbocycles. The number of benzene rings is 8. The fourth-order valence-corrected chi connectivity index (χ4v) is 8.70. The van der Waals surface area contributed by atoms with Gasteiger partial charge in [-0.05, 0) is 57.9 Å². The third-order valence-electron chi connectivity index (χ3n) is 10.8. The van der Waals surface area contributed by atoms with Gasteiger partial charge >= 0.3 is 0 Å². The van der Waals surface area contributed by atoms with Crippen LogP contribution in [0.4, 0.5) is 0 Å². The van der Waals surface area contributed by atoms with Crippen LogP contribution in [0.15, 0.2) is 158 Å². The van der Waals surface area contributed by atoms with Gasteiger partial charge in [0.1, 0.15) is 0 Å². The largest absolute Gasteiger partial charge is 0.308 e. The van der Waals surface area contributed by atoms with Crippen molar-refractivity contribution in [1.82, 2.24) is 18.9 Å². The Morgan fingerprint density at radius 3 is 1.88 bits per heavy atom. The third kappa shape index (κ3) is 3.30. The monoisotopic (exact) mass is 634 g/mol. The first-order valence-corrected chi connectivity index (χ1v) is 17.1. The molecule has 230 valence electrons. The lowest BCUT2D eigenvalue weighted by molar-refractivity contribution is 1.02. The minimum absolute atomic E-state index is 0.671. The lowest BCUT2D eigenvalue weighted by Gasteiger charge is -2.13. The minimum Gasteiger partial charge on any atom is -0.308 e. The second-order valence-corrected chi connectivity index (χ2v) is 13.4. The maximum atomic E-state index is 5.44. The molecule has 4 heterocycles. The van der Waals surface area contributed by atoms with Crippen LogP contribution in [0.25, 0.3) is 110 Å². The molecule has 0 aliphatic rings. The summed E-state index contributed by atoms with van der Waals surface area (Å²) in [4.78, 5) is 10.9. The van der Waals surface area contributed by atoms with Crippen molar-refractivity contribution in [1.29, 1.82) is 0 Å². The maximum absolute atomic E-state index is 5.44. The van der Waals surface area contributed by atoms with Crippen LogP contribution >= 0.6 is 0 Å². The smallest absolute Gasteiger partial charge is 0.235 e. The molecule has 0 atom stereocenters. The first kappa shape index (κ1) is 26.2. The Hall–Kier alpha value is -6.78. The quantitative estimate of drug-likeness (QED) is 0.177. The van der Waals surface area contributed by atoms with Crippen LogP contribution in [0, 0.1) is 0 Å². The van der Waals surface area contributed by atoms with Gasteiger partial charge in [0.2, 0.25) is 5.95 Å². The summed E-state index contributed by atoms with van der Waals surface area (Å²) < 4.78 is 4.79. The molecule has 0 unspecified atom stereocenters. The Bertz CT molecular complexity index is 3370. The summed E-state index contributed by atoms with van der Waals surface area (Å²) in [5.74, 6) is 0.671. The number of hydrogen-bond donors (Lipinski definition) is 0. The molecule has 12 aromatic rings. The highest BCUT2D eigenvalue weighted by molar-refractivity contribution is 6.31. The zero-order chi connectivity index (χ0) is 32.5. The van der Waals surface area contributed by atoms with Crippen molar-refractivity contribution in [2.24, 2.45) is 0 Å². The summed E-state index contributed by atoms with van der Waals surface area (Å²) in [7, 11) is 0. The van der Waals surface area contributed by atoms with Crippen LogP contribution < -0.4 is 0 Å². The van der Waals surface area contributed by atoms with Crippen molar-refractivity contribution in [2.75, 3.05) is 0 Å². The summed E-state index contributed by atoms with van der Waals surface area (Å²) in [6.07, 6.45) is 0. The summed E-state index contributed by atoms with van der Waals surface area (Å²) in [6.45, 7) is 0. The van der Waals surface area contributed by atoms with Gasteiger partial charge in [-0.25, -0.2) is 9.97 Å². The summed E-state index contributed by atoms with van der Waals surface area (Å²) >= 11 is 0. The van der Waals surface area contributed by atoms with E-state index in [9.17, 15) is 0 Å². The summed E-state index contributed by atoms with van der Waals surface area (Å²) in [6, 6.07) is 57.0. The van der Waals surface area contributed by atoms with Crippen molar-refractivity contribution < 1.29 is 0 Å². The molecule has 4 heteroatoms. The molecule has 0 spiro atoms. The molecule has 0 N–H and O–H groups in total. The fourth-order valence-electron chi connectivity index (χ4n) is 8.70. The summed E-state index contributed by atoms with van der Waals surface area (Å²) in [5, 5.41) is 13.3. The van der Waals surface area contributed by atoms with Gasteiger partial charge < -0.3 is 4.40 Å². The number of nitrogens with zero attached hydrogens (tertiary/aromatic N) is 4. The van der Waals surface area contributed by atoms with Crippen molar-refractivity contribution in [3.63, 3.8) is 0 Å². The molecular weight excluding hydrogens is 609 g/mol. The van der Waals surface area contributed by atoms with Crippen molar-refractivity contribution >= 4 is 92.3 Å². The maximum Gasteiger partial charge on any atom is 0.235 e. The van der Waals surface area contributed by atoms with E-state index >= 15 is 0 Å². The van der Waals surface area contributed by atoms with Crippen molar-refractivity contribution in [2.45, 2.75) is 0 Å². The van der Waals surface area contributed by atoms with Gasteiger partial charge in [-0.15, -0.1) is 0 Å². The topological polar surface area (TPSA) is 35.1 Å². The number of hydrogen-bond acceptors (Lipinski definition) is 2. The van der Waals surface area contributed by atoms with Gasteiger partial charge in [0.15, 0.2) is 0 Å². The molecule has 0 saturated heterocycles. The van der Waals surface area contributed by atoms with Crippen LogP contribution in [0.5, 0.6) is 0 Å². The Morgan fingerprint density at radius 2 is 1.02 bits per heavy atom. The van der Waals surface area contributed by atoms with Gasteiger partial charge in [-0.3, -0.25) is 4.57 Å². The lowest BCUT2D eigenvalue weighted by Crippen LogP contribution is -2.04. The first-order valence-electron chi connectivity index (χ1n) is 17.1. The molecular formula is C46H26N4. The number of fused-ring (bicyclic) bond motifs is 9. The van der Waals surface area contributed by atoms with Crippen LogP contribution in [-0.4, -0.2) is 18.9 Å². The Morgan fingerprint density at radius 1 is 0.380 bits per heavy atom. The minimum atomic E-state index is 0.671. The Balaban J connectivity index is 1.30. The van der Waals surface area contributed by atoms with E-state index < -0.39 is 0 Å². The predicted molar refractivity (Wildman–Crippen MR) is 209 cm³/mol. The van der Waals surface area contributed by atoms with E-state index in [2.05, 4.69) is 167 Å². The van der Waals surface area contributed by atoms with E-state index in [0.29, 0.717) is 5.95 Å². The predicted octanol–water partition coefficient (Wildman–Crippen LogP) is 11.9. The lowest BCUT2D eigenvalue weighted by atomic mass is 10.0. The number of para-hydroxylation sites is 1. The molecule has 0 aliphatic heterocycles. The molecule has 4 aromatic heterocycles. The van der Waals surface area contributed by atoms with E-state index in [0.717, 1.165) is 44.0 Å². The highest BCUT2D eigenvalue weighted by Gasteiger charge is 2.24. The second kappa shape index (κ2) is 9.43. The molecule has 0 fully saturated rings. The molecule has 0 aliphatic carbocycles. The van der Waals surface area contributed by atoms with E-state index in [1.165, 1.54) is 59.6 Å². The Labute approximate surface area is 285 Å². The van der Waals surface area contributed by atoms with Crippen molar-refractivity contribution in [3.8, 4) is 17.2 Å². The van der Waals surface area contributed by atoms with E-state index in [4.69, 9.17) is 9.97 Å². The fraction of sp³-hybridized carbons (Fsp3) is 0. The van der Waals surface area contributed by atoms with Gasteiger partial charge in [0.25, 0.3) is 0 Å². The highest BCUT2D eigenvalue weighted by Crippen LogP contribution is 2.45. The van der Waals surface area contributed by atoms with Gasteiger partial charge in [-0.2, -0.15) is 0 Å². The number of aromatic nitrogens is 4. The van der Waals surface area contributed by atoms with Crippen molar-refractivity contribution in [3.05, 3.63) is 158 Å². The molecule has 0 saturated carbocycles. The van der Waals surface area contributed by atoms with Crippen LogP contribution in [-0.2, 0) is 0 Å². The van der Waals surface area contributed by atoms with E-state index in [1.807, 2.05) is 0 Å². The highest BCUT2D eigenvalue weighted by atomic mass is 15.2. The summed E-state index contributed by atoms with van der Waals surface area (Å²) in [5.41, 5.74) is 8.79. The standard InChI is InChI=1S/C46H26N4/c1-2-12-28(13-3-1)43-35-24-23-27-11-6-7-16-31(27)44(35)48-46(47-43)50-37-20-9-17-32-33-18-8-19-34-36-25-29-14-4-5-15-30(29)26-40(36)49(45(33)34)38-21-10-22-39(50)42(38)41(32)37/h1-26H. The SMILES string of the molecule is c1ccc(-c2nc(-n3c4cccc5c6cccc7c8cc9ccccc9cc8n(c8cccc3c8c54)c67)nc3c2ccc2ccccc23)cc1. The third-order valence-corrected chi connectivity index (χ3v) is 10.8. The Kier molecular flexibility index (Phi) is 4.94. The molecule has 0 bridgehead atoms. The number of rotatable bonds is 2.